The third-order valence-corrected chi connectivity index (χ3v) is 9.15. The number of hydrogen-bond donors (Lipinski definition) is 3. The Labute approximate surface area is 277 Å². The van der Waals surface area contributed by atoms with Crippen molar-refractivity contribution in [3.05, 3.63) is 114 Å². The van der Waals surface area contributed by atoms with Crippen LogP contribution in [0.15, 0.2) is 97.1 Å². The average molecular weight is 639 g/mol. The lowest BCUT2D eigenvalue weighted by Crippen LogP contribution is -2.53. The molecule has 1 fully saturated rings. The number of amides is 2. The van der Waals surface area contributed by atoms with Gasteiger partial charge in [0.1, 0.15) is 19.0 Å². The van der Waals surface area contributed by atoms with E-state index in [1.807, 2.05) is 97.1 Å². The van der Waals surface area contributed by atoms with Gasteiger partial charge in [0.25, 0.3) is 0 Å². The minimum atomic E-state index is -0.619. The summed E-state index contributed by atoms with van der Waals surface area (Å²) in [6, 6.07) is 27.0. The van der Waals surface area contributed by atoms with E-state index in [-0.39, 0.29) is 43.3 Å². The molecule has 1 saturated carbocycles. The van der Waals surface area contributed by atoms with Crippen LogP contribution >= 0.6 is 0 Å². The van der Waals surface area contributed by atoms with Gasteiger partial charge >= 0.3 is 5.97 Å². The Morgan fingerprint density at radius 3 is 2.17 bits per heavy atom. The number of cyclic esters (lactones) is 1. The molecule has 47 heavy (non-hydrogen) atoms. The molecule has 5 rings (SSSR count). The largest absolute Gasteiger partial charge is 0.489 e. The van der Waals surface area contributed by atoms with Gasteiger partial charge in [-0.3, -0.25) is 14.4 Å². The van der Waals surface area contributed by atoms with Crippen LogP contribution in [-0.4, -0.2) is 47.7 Å². The fraction of sp³-hybridized carbons (Fsp3) is 0.410. The van der Waals surface area contributed by atoms with E-state index < -0.39 is 17.5 Å². The highest BCUT2D eigenvalue weighted by molar-refractivity contribution is 5.86. The third kappa shape index (κ3) is 10.3. The van der Waals surface area contributed by atoms with Crippen molar-refractivity contribution in [1.29, 1.82) is 0 Å². The van der Waals surface area contributed by atoms with Gasteiger partial charge in [0.15, 0.2) is 0 Å². The van der Waals surface area contributed by atoms with Gasteiger partial charge in [-0.25, -0.2) is 0 Å². The fourth-order valence-electron chi connectivity index (χ4n) is 6.43. The molecule has 0 aromatic heterocycles. The SMILES string of the molecule is O=C(CC1CC=CCC(Cc2ccccc2)C(=O)OCC2(CCCC2)NC1=O)NC(CO)Cc1ccc(OCc2ccccc2)cc1. The van der Waals surface area contributed by atoms with Crippen LogP contribution in [0.1, 0.15) is 61.6 Å². The Morgan fingerprint density at radius 1 is 0.872 bits per heavy atom. The Balaban J connectivity index is 1.19. The number of benzene rings is 3. The van der Waals surface area contributed by atoms with Crippen LogP contribution in [0.3, 0.4) is 0 Å². The molecule has 8 heteroatoms. The predicted octanol–water partition coefficient (Wildman–Crippen LogP) is 5.47. The van der Waals surface area contributed by atoms with E-state index in [1.165, 1.54) is 0 Å². The molecular formula is C39H46N2O6. The molecule has 2 amide bonds. The molecule has 0 saturated heterocycles. The van der Waals surface area contributed by atoms with Crippen molar-refractivity contribution < 1.29 is 29.0 Å². The Bertz CT molecular complexity index is 1470. The number of allylic oxidation sites excluding steroid dienone is 2. The number of aliphatic hydroxyl groups excluding tert-OH is 1. The van der Waals surface area contributed by atoms with Crippen molar-refractivity contribution in [3.8, 4) is 5.75 Å². The van der Waals surface area contributed by atoms with Crippen molar-refractivity contribution >= 4 is 17.8 Å². The normalized spacial score (nSPS) is 20.4. The molecule has 1 heterocycles. The first-order valence-corrected chi connectivity index (χ1v) is 16.7. The topological polar surface area (TPSA) is 114 Å². The van der Waals surface area contributed by atoms with Crippen LogP contribution in [0, 0.1) is 11.8 Å². The number of esters is 1. The van der Waals surface area contributed by atoms with Gasteiger partial charge in [-0.15, -0.1) is 0 Å². The van der Waals surface area contributed by atoms with Crippen LogP contribution in [0.5, 0.6) is 5.75 Å². The van der Waals surface area contributed by atoms with Gasteiger partial charge in [-0.2, -0.15) is 0 Å². The number of rotatable bonds is 11. The van der Waals surface area contributed by atoms with Crippen molar-refractivity contribution in [2.75, 3.05) is 13.2 Å². The van der Waals surface area contributed by atoms with E-state index in [1.54, 1.807) is 0 Å². The van der Waals surface area contributed by atoms with Gasteiger partial charge in [0.2, 0.25) is 11.8 Å². The maximum atomic E-state index is 13.6. The molecule has 248 valence electrons. The molecule has 3 aromatic carbocycles. The maximum Gasteiger partial charge on any atom is 0.309 e. The smallest absolute Gasteiger partial charge is 0.309 e. The molecule has 1 aliphatic carbocycles. The Morgan fingerprint density at radius 2 is 1.51 bits per heavy atom. The Kier molecular flexibility index (Phi) is 12.2. The summed E-state index contributed by atoms with van der Waals surface area (Å²) in [4.78, 5) is 40.0. The summed E-state index contributed by atoms with van der Waals surface area (Å²) in [5.41, 5.74) is 2.48. The number of ether oxygens (including phenoxy) is 2. The van der Waals surface area contributed by atoms with E-state index in [4.69, 9.17) is 9.47 Å². The van der Waals surface area contributed by atoms with Gasteiger partial charge in [-0.05, 0) is 67.3 Å². The summed E-state index contributed by atoms with van der Waals surface area (Å²) in [7, 11) is 0. The molecule has 3 N–H and O–H groups in total. The van der Waals surface area contributed by atoms with E-state index in [0.717, 1.165) is 48.1 Å². The summed E-state index contributed by atoms with van der Waals surface area (Å²) in [5.74, 6) is -0.937. The minimum Gasteiger partial charge on any atom is -0.489 e. The molecule has 3 aromatic rings. The van der Waals surface area contributed by atoms with E-state index >= 15 is 0 Å². The third-order valence-electron chi connectivity index (χ3n) is 9.15. The summed E-state index contributed by atoms with van der Waals surface area (Å²) >= 11 is 0. The molecule has 3 unspecified atom stereocenters. The standard InChI is InChI=1S/C39H46N2O6/c42-26-34(24-30-17-19-35(20-18-30)46-27-31-13-5-2-6-14-31)40-36(43)25-32-15-7-8-16-33(23-29-11-3-1-4-12-29)38(45)47-28-39(41-37(32)44)21-9-10-22-39/h1-8,11-14,17-20,32-34,42H,9-10,15-16,21-28H2,(H,40,43)(H,41,44). The van der Waals surface area contributed by atoms with Crippen LogP contribution in [0.2, 0.25) is 0 Å². The first kappa shape index (κ1) is 33.9. The molecule has 2 aliphatic rings. The highest BCUT2D eigenvalue weighted by Gasteiger charge is 2.39. The zero-order valence-corrected chi connectivity index (χ0v) is 26.9. The van der Waals surface area contributed by atoms with E-state index in [0.29, 0.717) is 32.3 Å². The van der Waals surface area contributed by atoms with Crippen molar-refractivity contribution in [2.24, 2.45) is 11.8 Å². The van der Waals surface area contributed by atoms with Gasteiger partial charge in [0.05, 0.1) is 30.0 Å². The first-order valence-electron chi connectivity index (χ1n) is 16.7. The molecule has 0 radical (unpaired) electrons. The summed E-state index contributed by atoms with van der Waals surface area (Å²) < 4.78 is 11.7. The second-order valence-electron chi connectivity index (χ2n) is 12.9. The molecule has 1 spiro atoms. The second-order valence-corrected chi connectivity index (χ2v) is 12.9. The molecule has 3 atom stereocenters. The lowest BCUT2D eigenvalue weighted by molar-refractivity contribution is -0.152. The average Bonchev–Trinajstić information content (AvgIpc) is 3.56. The quantitative estimate of drug-likeness (QED) is 0.190. The van der Waals surface area contributed by atoms with E-state index in [2.05, 4.69) is 10.6 Å². The molecular weight excluding hydrogens is 592 g/mol. The summed E-state index contributed by atoms with van der Waals surface area (Å²) in [6.45, 7) is 0.375. The van der Waals surface area contributed by atoms with Crippen molar-refractivity contribution in [3.63, 3.8) is 0 Å². The Hall–Kier alpha value is -4.43. The lowest BCUT2D eigenvalue weighted by atomic mass is 9.92. The molecule has 8 nitrogen and oxygen atoms in total. The number of carbonyl (C=O) groups is 3. The zero-order valence-electron chi connectivity index (χ0n) is 26.9. The zero-order chi connectivity index (χ0) is 32.9. The van der Waals surface area contributed by atoms with Crippen LogP contribution in [-0.2, 0) is 38.6 Å². The van der Waals surface area contributed by atoms with Crippen LogP contribution in [0.25, 0.3) is 0 Å². The monoisotopic (exact) mass is 638 g/mol. The minimum absolute atomic E-state index is 0.0117. The number of hydrogen-bond acceptors (Lipinski definition) is 6. The van der Waals surface area contributed by atoms with Gasteiger partial charge < -0.3 is 25.2 Å². The predicted molar refractivity (Wildman–Crippen MR) is 180 cm³/mol. The highest BCUT2D eigenvalue weighted by Crippen LogP contribution is 2.32. The molecule has 1 aliphatic heterocycles. The number of nitrogens with one attached hydrogen (secondary N) is 2. The summed E-state index contributed by atoms with van der Waals surface area (Å²) in [6.07, 6.45) is 9.02. The van der Waals surface area contributed by atoms with Crippen molar-refractivity contribution in [2.45, 2.75) is 76.0 Å². The van der Waals surface area contributed by atoms with Gasteiger partial charge in [0, 0.05) is 6.42 Å². The first-order chi connectivity index (χ1) is 22.9. The number of aliphatic hydroxyl groups is 1. The molecule has 0 bridgehead atoms. The van der Waals surface area contributed by atoms with Crippen molar-refractivity contribution in [1.82, 2.24) is 10.6 Å². The van der Waals surface area contributed by atoms with Gasteiger partial charge in [-0.1, -0.05) is 97.8 Å². The van der Waals surface area contributed by atoms with Crippen LogP contribution in [0.4, 0.5) is 0 Å². The number of carbonyl (C=O) groups excluding carboxylic acids is 3. The maximum absolute atomic E-state index is 13.6. The van der Waals surface area contributed by atoms with Crippen LogP contribution < -0.4 is 15.4 Å². The van der Waals surface area contributed by atoms with E-state index in [9.17, 15) is 19.5 Å². The highest BCUT2D eigenvalue weighted by atomic mass is 16.5. The second kappa shape index (κ2) is 16.9. The fourth-order valence-corrected chi connectivity index (χ4v) is 6.43. The lowest BCUT2D eigenvalue weighted by Gasteiger charge is -2.32. The summed E-state index contributed by atoms with van der Waals surface area (Å²) in [5, 5.41) is 16.2.